The van der Waals surface area contributed by atoms with Crippen molar-refractivity contribution >= 4 is 37.4 Å². The Balaban J connectivity index is 1.74. The Morgan fingerprint density at radius 2 is 1.57 bits per heavy atom. The molecule has 1 aliphatic heterocycles. The standard InChI is InChI=1S/C34H42N4O5Si/c1-32(2,3)44(6,7)43-23-33(4,5)28(39)21-38-27-19-12-11-17-25(27)29(26-18-13-14-20-36-26)37-34(35,30(38)40)31(41)42-22-24-15-9-8-10-16-24/h8-20H,21-23,35H2,1-7H3. The predicted octanol–water partition coefficient (Wildman–Crippen LogP) is 5.28. The first-order chi connectivity index (χ1) is 20.6. The number of nitrogens with zero attached hydrogens (tertiary/aromatic N) is 3. The number of ether oxygens (including phenoxy) is 1. The molecule has 1 aromatic heterocycles. The van der Waals surface area contributed by atoms with Crippen molar-refractivity contribution in [1.82, 2.24) is 4.98 Å². The number of rotatable bonds is 10. The summed E-state index contributed by atoms with van der Waals surface area (Å²) in [6.07, 6.45) is 1.59. The Kier molecular flexibility index (Phi) is 9.39. The zero-order valence-corrected chi connectivity index (χ0v) is 27.6. The van der Waals surface area contributed by atoms with Gasteiger partial charge < -0.3 is 14.1 Å². The number of anilines is 1. The van der Waals surface area contributed by atoms with E-state index in [1.807, 2.05) is 18.2 Å². The van der Waals surface area contributed by atoms with Gasteiger partial charge >= 0.3 is 5.97 Å². The summed E-state index contributed by atoms with van der Waals surface area (Å²) in [6, 6.07) is 21.3. The van der Waals surface area contributed by atoms with Crippen molar-refractivity contribution < 1.29 is 23.5 Å². The number of ketones is 1. The molecule has 44 heavy (non-hydrogen) atoms. The molecule has 0 saturated heterocycles. The molecule has 3 aromatic rings. The Hall–Kier alpha value is -3.99. The van der Waals surface area contributed by atoms with Gasteiger partial charge in [0, 0.05) is 23.8 Å². The Labute approximate surface area is 260 Å². The zero-order chi connectivity index (χ0) is 32.3. The van der Waals surface area contributed by atoms with Crippen molar-refractivity contribution in [3.63, 3.8) is 0 Å². The molecule has 1 amide bonds. The largest absolute Gasteiger partial charge is 0.458 e. The van der Waals surface area contributed by atoms with Crippen molar-refractivity contribution in [2.24, 2.45) is 16.1 Å². The molecule has 2 heterocycles. The average Bonchev–Trinajstić information content (AvgIpc) is 3.09. The smallest absolute Gasteiger partial charge is 0.359 e. The van der Waals surface area contributed by atoms with Gasteiger partial charge in [-0.1, -0.05) is 89.2 Å². The monoisotopic (exact) mass is 614 g/mol. The van der Waals surface area contributed by atoms with Gasteiger partial charge in [-0.05, 0) is 41.9 Å². The minimum absolute atomic E-state index is 0.0374. The maximum atomic E-state index is 14.4. The second kappa shape index (κ2) is 12.5. The van der Waals surface area contributed by atoms with Crippen LogP contribution < -0.4 is 10.6 Å². The van der Waals surface area contributed by atoms with Gasteiger partial charge in [0.2, 0.25) is 0 Å². The van der Waals surface area contributed by atoms with E-state index in [1.54, 1.807) is 74.6 Å². The molecule has 1 aliphatic rings. The van der Waals surface area contributed by atoms with Gasteiger partial charge in [0.25, 0.3) is 11.6 Å². The number of pyridine rings is 1. The van der Waals surface area contributed by atoms with Gasteiger partial charge in [0.05, 0.1) is 23.6 Å². The lowest BCUT2D eigenvalue weighted by Crippen LogP contribution is -2.61. The molecule has 4 rings (SSSR count). The molecule has 0 spiro atoms. The third kappa shape index (κ3) is 6.88. The van der Waals surface area contributed by atoms with Crippen LogP contribution in [-0.4, -0.2) is 55.5 Å². The van der Waals surface area contributed by atoms with Crippen LogP contribution in [0.15, 0.2) is 84.0 Å². The van der Waals surface area contributed by atoms with Crippen LogP contribution in [0.1, 0.15) is 51.4 Å². The van der Waals surface area contributed by atoms with Gasteiger partial charge in [-0.25, -0.2) is 9.79 Å². The van der Waals surface area contributed by atoms with Gasteiger partial charge in [0.1, 0.15) is 6.61 Å². The summed E-state index contributed by atoms with van der Waals surface area (Å²) in [7, 11) is -2.15. The maximum absolute atomic E-state index is 14.4. The van der Waals surface area contributed by atoms with E-state index in [-0.39, 0.29) is 36.3 Å². The van der Waals surface area contributed by atoms with E-state index in [0.29, 0.717) is 16.9 Å². The minimum Gasteiger partial charge on any atom is -0.458 e. The molecule has 1 unspecified atom stereocenters. The first-order valence-electron chi connectivity index (χ1n) is 14.7. The van der Waals surface area contributed by atoms with Crippen LogP contribution in [0.4, 0.5) is 5.69 Å². The highest BCUT2D eigenvalue weighted by Gasteiger charge is 2.51. The lowest BCUT2D eigenvalue weighted by molar-refractivity contribution is -0.155. The average molecular weight is 615 g/mol. The number of para-hydroxylation sites is 1. The maximum Gasteiger partial charge on any atom is 0.359 e. The summed E-state index contributed by atoms with van der Waals surface area (Å²) in [4.78, 5) is 52.2. The van der Waals surface area contributed by atoms with E-state index < -0.39 is 31.3 Å². The van der Waals surface area contributed by atoms with E-state index in [1.165, 1.54) is 4.90 Å². The number of aromatic nitrogens is 1. The van der Waals surface area contributed by atoms with Crippen molar-refractivity contribution in [3.05, 3.63) is 95.8 Å². The first kappa shape index (κ1) is 32.9. The van der Waals surface area contributed by atoms with Crippen LogP contribution in [0.2, 0.25) is 18.1 Å². The molecule has 232 valence electrons. The molecule has 2 aromatic carbocycles. The van der Waals surface area contributed by atoms with Gasteiger partial charge in [-0.15, -0.1) is 0 Å². The minimum atomic E-state index is -2.48. The summed E-state index contributed by atoms with van der Waals surface area (Å²) < 4.78 is 12.0. The van der Waals surface area contributed by atoms with Crippen molar-refractivity contribution in [2.45, 2.75) is 65.0 Å². The third-order valence-electron chi connectivity index (χ3n) is 8.40. The number of Topliss-reactive ketones (excluding diaryl/α,β-unsaturated/α-hetero) is 1. The van der Waals surface area contributed by atoms with Gasteiger partial charge in [-0.2, -0.15) is 0 Å². The van der Waals surface area contributed by atoms with Crippen molar-refractivity contribution in [3.8, 4) is 0 Å². The van der Waals surface area contributed by atoms with E-state index in [9.17, 15) is 14.4 Å². The van der Waals surface area contributed by atoms with E-state index in [2.05, 4.69) is 43.8 Å². The number of fused-ring (bicyclic) bond motifs is 1. The molecule has 0 fully saturated rings. The number of carbonyl (C=O) groups excluding carboxylic acids is 3. The molecule has 0 radical (unpaired) electrons. The second-order valence-corrected chi connectivity index (χ2v) is 18.1. The van der Waals surface area contributed by atoms with Gasteiger partial charge in [0.15, 0.2) is 14.1 Å². The fourth-order valence-electron chi connectivity index (χ4n) is 4.35. The number of hydrogen-bond acceptors (Lipinski definition) is 8. The molecule has 10 heteroatoms. The number of hydrogen-bond donors (Lipinski definition) is 1. The SMILES string of the molecule is CC(C)(CO[Si](C)(C)C(C)(C)C)C(=O)CN1C(=O)C(N)(C(=O)OCc2ccccc2)N=C(c2ccccn2)c2ccccc21. The predicted molar refractivity (Wildman–Crippen MR) is 174 cm³/mol. The number of benzene rings is 2. The van der Waals surface area contributed by atoms with Crippen LogP contribution in [0.25, 0.3) is 0 Å². The summed E-state index contributed by atoms with van der Waals surface area (Å²) in [5.74, 6) is -2.16. The summed E-state index contributed by atoms with van der Waals surface area (Å²) in [5, 5.41) is -0.0374. The van der Waals surface area contributed by atoms with Crippen LogP contribution in [0, 0.1) is 5.41 Å². The van der Waals surface area contributed by atoms with E-state index in [0.717, 1.165) is 5.56 Å². The fraction of sp³-hybridized carbons (Fsp3) is 0.382. The van der Waals surface area contributed by atoms with Crippen molar-refractivity contribution in [1.29, 1.82) is 0 Å². The first-order valence-corrected chi connectivity index (χ1v) is 17.6. The lowest BCUT2D eigenvalue weighted by atomic mass is 9.88. The highest BCUT2D eigenvalue weighted by molar-refractivity contribution is 6.74. The number of amides is 1. The molecule has 0 saturated carbocycles. The van der Waals surface area contributed by atoms with Crippen molar-refractivity contribution in [2.75, 3.05) is 18.1 Å². The zero-order valence-electron chi connectivity index (χ0n) is 26.6. The Morgan fingerprint density at radius 1 is 0.932 bits per heavy atom. The number of carbonyl (C=O) groups is 3. The van der Waals surface area contributed by atoms with Crippen LogP contribution in [0.5, 0.6) is 0 Å². The summed E-state index contributed by atoms with van der Waals surface area (Å²) >= 11 is 0. The molecule has 0 aliphatic carbocycles. The Bertz CT molecular complexity index is 1550. The van der Waals surface area contributed by atoms with Crippen LogP contribution in [0.3, 0.4) is 0 Å². The highest BCUT2D eigenvalue weighted by Crippen LogP contribution is 2.38. The van der Waals surface area contributed by atoms with Gasteiger partial charge in [-0.3, -0.25) is 20.3 Å². The molecule has 2 N–H and O–H groups in total. The number of benzodiazepines with no additional fused rings is 1. The third-order valence-corrected chi connectivity index (χ3v) is 12.9. The molecule has 1 atom stereocenters. The fourth-order valence-corrected chi connectivity index (χ4v) is 5.50. The summed E-state index contributed by atoms with van der Waals surface area (Å²) in [5.41, 5.74) is 5.49. The van der Waals surface area contributed by atoms with Crippen LogP contribution in [-0.2, 0) is 30.2 Å². The molecule has 0 bridgehead atoms. The molecular weight excluding hydrogens is 572 g/mol. The number of aliphatic imine (C=N–C) groups is 1. The molecule has 9 nitrogen and oxygen atoms in total. The highest BCUT2D eigenvalue weighted by atomic mass is 28.4. The topological polar surface area (TPSA) is 124 Å². The quantitative estimate of drug-likeness (QED) is 0.187. The lowest BCUT2D eigenvalue weighted by Gasteiger charge is -2.39. The van der Waals surface area contributed by atoms with Crippen LogP contribution >= 0.6 is 0 Å². The summed E-state index contributed by atoms with van der Waals surface area (Å²) in [6.45, 7) is 14.0. The Morgan fingerprint density at radius 3 is 2.20 bits per heavy atom. The second-order valence-electron chi connectivity index (χ2n) is 13.3. The molecular formula is C34H42N4O5Si. The van der Waals surface area contributed by atoms with E-state index >= 15 is 0 Å². The number of nitrogens with two attached hydrogens (primary N) is 1. The number of esters is 1. The van der Waals surface area contributed by atoms with E-state index in [4.69, 9.17) is 14.9 Å². The normalized spacial score (nSPS) is 17.4.